The van der Waals surface area contributed by atoms with Crippen LogP contribution in [0.4, 0.5) is 4.79 Å². The van der Waals surface area contributed by atoms with E-state index < -0.39 is 47.6 Å². The second-order valence-electron chi connectivity index (χ2n) is 11.0. The van der Waals surface area contributed by atoms with Crippen molar-refractivity contribution in [3.63, 3.8) is 0 Å². The molecule has 1 aromatic rings. The minimum atomic E-state index is -1.05. The molecule has 1 aromatic carbocycles. The van der Waals surface area contributed by atoms with Crippen molar-refractivity contribution in [1.29, 1.82) is 0 Å². The van der Waals surface area contributed by atoms with Crippen LogP contribution in [-0.2, 0) is 30.5 Å². The average Bonchev–Trinajstić information content (AvgIpc) is 3.17. The number of ether oxygens (including phenoxy) is 2. The highest BCUT2D eigenvalue weighted by Gasteiger charge is 2.46. The molecule has 0 radical (unpaired) electrons. The summed E-state index contributed by atoms with van der Waals surface area (Å²) >= 11 is 0. The van der Waals surface area contributed by atoms with Gasteiger partial charge in [-0.15, -0.1) is 0 Å². The number of amides is 3. The molecule has 0 aliphatic carbocycles. The van der Waals surface area contributed by atoms with Crippen molar-refractivity contribution in [2.75, 3.05) is 13.6 Å². The van der Waals surface area contributed by atoms with E-state index >= 15 is 0 Å². The number of esters is 2. The Labute approximate surface area is 227 Å². The molecule has 1 heterocycles. The zero-order chi connectivity index (χ0) is 28.3. The van der Waals surface area contributed by atoms with Crippen molar-refractivity contribution >= 4 is 23.9 Å². The standard InChI is InChI=1S/C29H45N3O6/c1-7-8-9-10-11-15-18-23(26(34)37-20-22-16-13-12-14-17-22)30-21(2)25(33)32-24(19-31(6)28(32)36)27(35)38-29(3,4)5/h12-14,16-17,21,23-24,30H,7-11,15,18-20H2,1-6H3/t21-,23-,24-/m0/s1. The molecule has 1 saturated heterocycles. The number of hydrogen-bond acceptors (Lipinski definition) is 7. The Balaban J connectivity index is 2.09. The fourth-order valence-electron chi connectivity index (χ4n) is 4.34. The van der Waals surface area contributed by atoms with Crippen molar-refractivity contribution in [3.8, 4) is 0 Å². The molecule has 9 heteroatoms. The van der Waals surface area contributed by atoms with Gasteiger partial charge in [-0.3, -0.25) is 14.9 Å². The molecule has 3 amide bonds. The Bertz CT molecular complexity index is 930. The average molecular weight is 532 g/mol. The van der Waals surface area contributed by atoms with Crippen molar-refractivity contribution in [3.05, 3.63) is 35.9 Å². The number of nitrogens with zero attached hydrogens (tertiary/aromatic N) is 2. The van der Waals surface area contributed by atoms with Gasteiger partial charge in [-0.25, -0.2) is 14.5 Å². The minimum Gasteiger partial charge on any atom is -0.460 e. The summed E-state index contributed by atoms with van der Waals surface area (Å²) in [5.74, 6) is -1.67. The number of rotatable bonds is 14. The van der Waals surface area contributed by atoms with Crippen LogP contribution in [0.25, 0.3) is 0 Å². The van der Waals surface area contributed by atoms with Gasteiger partial charge in [0, 0.05) is 7.05 Å². The van der Waals surface area contributed by atoms with Gasteiger partial charge in [0.1, 0.15) is 18.2 Å². The summed E-state index contributed by atoms with van der Waals surface area (Å²) in [6, 6.07) is 6.16. The molecular formula is C29H45N3O6. The lowest BCUT2D eigenvalue weighted by molar-refractivity contribution is -0.162. The highest BCUT2D eigenvalue weighted by Crippen LogP contribution is 2.21. The second kappa shape index (κ2) is 14.9. The van der Waals surface area contributed by atoms with Crippen LogP contribution in [0.15, 0.2) is 30.3 Å². The highest BCUT2D eigenvalue weighted by atomic mass is 16.6. The molecule has 1 fully saturated rings. The Morgan fingerprint density at radius 2 is 1.68 bits per heavy atom. The molecule has 9 nitrogen and oxygen atoms in total. The van der Waals surface area contributed by atoms with Crippen LogP contribution >= 0.6 is 0 Å². The van der Waals surface area contributed by atoms with E-state index in [1.807, 2.05) is 30.3 Å². The van der Waals surface area contributed by atoms with Crippen LogP contribution in [-0.4, -0.2) is 71.0 Å². The summed E-state index contributed by atoms with van der Waals surface area (Å²) in [5, 5.41) is 3.09. The second-order valence-corrected chi connectivity index (χ2v) is 11.0. The molecule has 38 heavy (non-hydrogen) atoms. The third-order valence-corrected chi connectivity index (χ3v) is 6.38. The first-order chi connectivity index (χ1) is 17.9. The SMILES string of the molecule is CCCCCCCC[C@H](N[C@@H](C)C(=O)N1C(=O)N(C)C[C@H]1C(=O)OC(C)(C)C)C(=O)OCc1ccccc1. The number of urea groups is 1. The molecule has 1 aliphatic heterocycles. The lowest BCUT2D eigenvalue weighted by Crippen LogP contribution is -2.55. The first-order valence-corrected chi connectivity index (χ1v) is 13.7. The van der Waals surface area contributed by atoms with Crippen LogP contribution < -0.4 is 5.32 Å². The van der Waals surface area contributed by atoms with Crippen molar-refractivity contribution < 1.29 is 28.7 Å². The quantitative estimate of drug-likeness (QED) is 0.280. The van der Waals surface area contributed by atoms with E-state index in [0.717, 1.165) is 42.6 Å². The number of carbonyl (C=O) groups excluding carboxylic acids is 4. The van der Waals surface area contributed by atoms with E-state index in [9.17, 15) is 19.2 Å². The van der Waals surface area contributed by atoms with E-state index in [2.05, 4.69) is 12.2 Å². The summed E-state index contributed by atoms with van der Waals surface area (Å²) in [4.78, 5) is 54.4. The predicted molar refractivity (Wildman–Crippen MR) is 145 cm³/mol. The third kappa shape index (κ3) is 9.74. The molecule has 0 unspecified atom stereocenters. The minimum absolute atomic E-state index is 0.0481. The van der Waals surface area contributed by atoms with Crippen LogP contribution in [0.1, 0.15) is 85.1 Å². The monoisotopic (exact) mass is 531 g/mol. The zero-order valence-electron chi connectivity index (χ0n) is 23.8. The van der Waals surface area contributed by atoms with Crippen molar-refractivity contribution in [2.24, 2.45) is 0 Å². The van der Waals surface area contributed by atoms with Crippen LogP contribution in [0.5, 0.6) is 0 Å². The first-order valence-electron chi connectivity index (χ1n) is 13.7. The van der Waals surface area contributed by atoms with Crippen molar-refractivity contribution in [1.82, 2.24) is 15.1 Å². The maximum Gasteiger partial charge on any atom is 0.331 e. The Hall–Kier alpha value is -2.94. The van der Waals surface area contributed by atoms with Gasteiger partial charge in [-0.1, -0.05) is 75.8 Å². The van der Waals surface area contributed by atoms with Gasteiger partial charge in [0.25, 0.3) is 0 Å². The molecule has 0 saturated carbocycles. The number of carbonyl (C=O) groups is 4. The summed E-state index contributed by atoms with van der Waals surface area (Å²) < 4.78 is 11.0. The molecule has 1 aliphatic rings. The predicted octanol–water partition coefficient (Wildman–Crippen LogP) is 4.43. The van der Waals surface area contributed by atoms with E-state index in [1.165, 1.54) is 18.4 Å². The Morgan fingerprint density at radius 1 is 1.05 bits per heavy atom. The molecule has 0 spiro atoms. The van der Waals surface area contributed by atoms with Gasteiger partial charge >= 0.3 is 18.0 Å². The third-order valence-electron chi connectivity index (χ3n) is 6.38. The maximum atomic E-state index is 13.4. The topological polar surface area (TPSA) is 105 Å². The fraction of sp³-hybridized carbons (Fsp3) is 0.655. The molecule has 212 valence electrons. The van der Waals surface area contributed by atoms with Gasteiger partial charge in [0.15, 0.2) is 6.04 Å². The van der Waals surface area contributed by atoms with Gasteiger partial charge in [0.2, 0.25) is 5.91 Å². The number of nitrogens with one attached hydrogen (secondary N) is 1. The molecule has 2 rings (SSSR count). The van der Waals surface area contributed by atoms with Gasteiger partial charge in [-0.2, -0.15) is 0 Å². The first kappa shape index (κ1) is 31.3. The van der Waals surface area contributed by atoms with Crippen molar-refractivity contribution in [2.45, 2.75) is 110 Å². The summed E-state index contributed by atoms with van der Waals surface area (Å²) in [5.41, 5.74) is 0.110. The van der Waals surface area contributed by atoms with Crippen LogP contribution in [0.3, 0.4) is 0 Å². The molecule has 0 bridgehead atoms. The Kier molecular flexibility index (Phi) is 12.2. The maximum absolute atomic E-state index is 13.4. The summed E-state index contributed by atoms with van der Waals surface area (Å²) in [6.45, 7) is 9.14. The molecule has 1 N–H and O–H groups in total. The van der Waals surface area contributed by atoms with E-state index in [4.69, 9.17) is 9.47 Å². The number of benzene rings is 1. The van der Waals surface area contributed by atoms with Crippen LogP contribution in [0.2, 0.25) is 0 Å². The number of likely N-dealkylation sites (N-methyl/N-ethyl adjacent to an activating group) is 1. The molecular weight excluding hydrogens is 486 g/mol. The van der Waals surface area contributed by atoms with Gasteiger partial charge in [-0.05, 0) is 39.7 Å². The fourth-order valence-corrected chi connectivity index (χ4v) is 4.34. The van der Waals surface area contributed by atoms with E-state index in [1.54, 1.807) is 27.7 Å². The number of unbranched alkanes of at least 4 members (excludes halogenated alkanes) is 5. The zero-order valence-corrected chi connectivity index (χ0v) is 23.8. The van der Waals surface area contributed by atoms with Gasteiger partial charge < -0.3 is 14.4 Å². The lowest BCUT2D eigenvalue weighted by atomic mass is 10.0. The van der Waals surface area contributed by atoms with Gasteiger partial charge in [0.05, 0.1) is 12.6 Å². The summed E-state index contributed by atoms with van der Waals surface area (Å²) in [7, 11) is 1.54. The van der Waals surface area contributed by atoms with E-state index in [-0.39, 0.29) is 13.2 Å². The number of imide groups is 1. The van der Waals surface area contributed by atoms with E-state index in [0.29, 0.717) is 6.42 Å². The Morgan fingerprint density at radius 3 is 2.32 bits per heavy atom. The highest BCUT2D eigenvalue weighted by molar-refractivity contribution is 6.03. The lowest BCUT2D eigenvalue weighted by Gasteiger charge is -2.28. The summed E-state index contributed by atoms with van der Waals surface area (Å²) in [6.07, 6.45) is 6.85. The number of hydrogen-bond donors (Lipinski definition) is 1. The van der Waals surface area contributed by atoms with Crippen LogP contribution in [0, 0.1) is 0 Å². The smallest absolute Gasteiger partial charge is 0.331 e. The molecule has 0 aromatic heterocycles. The molecule has 3 atom stereocenters. The largest absolute Gasteiger partial charge is 0.460 e. The normalized spacial score (nSPS) is 17.3.